The van der Waals surface area contributed by atoms with Crippen LogP contribution in [0.15, 0.2) is 24.3 Å². The Balaban J connectivity index is 0.00000150. The van der Waals surface area contributed by atoms with Gasteiger partial charge in [0.1, 0.15) is 5.75 Å². The molecule has 164 valence electrons. The highest BCUT2D eigenvalue weighted by Gasteiger charge is 2.40. The third kappa shape index (κ3) is 5.38. The van der Waals surface area contributed by atoms with Crippen LogP contribution < -0.4 is 10.1 Å². The highest BCUT2D eigenvalue weighted by molar-refractivity contribution is 5.85. The molecule has 3 aliphatic rings. The molecular formula is C22H35Cl2N3O2. The standard InChI is InChI=1S/C22H33N3O2.2ClH/c1-16(17-7-5-8-19(14-17)27-2)24-10-12-25(13-11-24)22(26)21-15-18-6-3-4-9-20(18)23-21;;/h5,7-8,14,16,18,20-21,23H,3-4,6,9-13,15H2,1-2H3;2*1H. The van der Waals surface area contributed by atoms with E-state index in [1.165, 1.54) is 31.2 Å². The molecule has 4 rings (SSSR count). The van der Waals surface area contributed by atoms with Gasteiger partial charge in [-0.1, -0.05) is 25.0 Å². The van der Waals surface area contributed by atoms with Gasteiger partial charge in [-0.3, -0.25) is 9.69 Å². The van der Waals surface area contributed by atoms with Crippen molar-refractivity contribution < 1.29 is 9.53 Å². The third-order valence-corrected chi connectivity index (χ3v) is 6.91. The minimum absolute atomic E-state index is 0. The number of ether oxygens (including phenoxy) is 1. The van der Waals surface area contributed by atoms with E-state index in [9.17, 15) is 4.79 Å². The molecule has 0 spiro atoms. The van der Waals surface area contributed by atoms with Crippen LogP contribution in [0.1, 0.15) is 50.6 Å². The lowest BCUT2D eigenvalue weighted by Gasteiger charge is -2.39. The highest BCUT2D eigenvalue weighted by Crippen LogP contribution is 2.34. The van der Waals surface area contributed by atoms with E-state index in [0.29, 0.717) is 18.0 Å². The van der Waals surface area contributed by atoms with Crippen molar-refractivity contribution >= 4 is 30.7 Å². The summed E-state index contributed by atoms with van der Waals surface area (Å²) in [7, 11) is 1.71. The first-order valence-electron chi connectivity index (χ1n) is 10.6. The molecule has 3 fully saturated rings. The van der Waals surface area contributed by atoms with Crippen molar-refractivity contribution in [2.75, 3.05) is 33.3 Å². The number of nitrogens with one attached hydrogen (secondary N) is 1. The van der Waals surface area contributed by atoms with E-state index >= 15 is 0 Å². The smallest absolute Gasteiger partial charge is 0.239 e. The van der Waals surface area contributed by atoms with Crippen LogP contribution in [0.2, 0.25) is 0 Å². The largest absolute Gasteiger partial charge is 0.497 e. The molecular weight excluding hydrogens is 409 g/mol. The fourth-order valence-corrected chi connectivity index (χ4v) is 5.17. The number of piperazine rings is 1. The van der Waals surface area contributed by atoms with Gasteiger partial charge in [0, 0.05) is 38.3 Å². The summed E-state index contributed by atoms with van der Waals surface area (Å²) in [6, 6.07) is 9.29. The zero-order chi connectivity index (χ0) is 18.8. The van der Waals surface area contributed by atoms with Gasteiger partial charge in [-0.2, -0.15) is 0 Å². The summed E-state index contributed by atoms with van der Waals surface area (Å²) in [5.74, 6) is 1.96. The Morgan fingerprint density at radius 1 is 1.14 bits per heavy atom. The number of benzene rings is 1. The quantitative estimate of drug-likeness (QED) is 0.770. The molecule has 7 heteroatoms. The zero-order valence-electron chi connectivity index (χ0n) is 17.5. The topological polar surface area (TPSA) is 44.8 Å². The van der Waals surface area contributed by atoms with Crippen LogP contribution in [0, 0.1) is 5.92 Å². The minimum Gasteiger partial charge on any atom is -0.497 e. The highest BCUT2D eigenvalue weighted by atomic mass is 35.5. The van der Waals surface area contributed by atoms with Gasteiger partial charge in [-0.25, -0.2) is 0 Å². The minimum atomic E-state index is 0. The molecule has 0 radical (unpaired) electrons. The van der Waals surface area contributed by atoms with Crippen LogP contribution in [0.4, 0.5) is 0 Å². The number of carbonyl (C=O) groups excluding carboxylic acids is 1. The molecule has 2 heterocycles. The molecule has 4 atom stereocenters. The Bertz CT molecular complexity index is 653. The van der Waals surface area contributed by atoms with Crippen LogP contribution in [0.25, 0.3) is 0 Å². The Labute approximate surface area is 187 Å². The maximum absolute atomic E-state index is 13.0. The molecule has 1 aliphatic carbocycles. The first kappa shape index (κ1) is 24.3. The van der Waals surface area contributed by atoms with Gasteiger partial charge >= 0.3 is 0 Å². The first-order chi connectivity index (χ1) is 13.2. The van der Waals surface area contributed by atoms with Crippen LogP contribution in [0.3, 0.4) is 0 Å². The number of halogens is 2. The number of amides is 1. The summed E-state index contributed by atoms with van der Waals surface area (Å²) < 4.78 is 5.36. The number of carbonyl (C=O) groups is 1. The average molecular weight is 444 g/mol. The SMILES string of the molecule is COc1cccc(C(C)N2CCN(C(=O)C3CC4CCCCC4N3)CC2)c1.Cl.Cl. The molecule has 2 saturated heterocycles. The summed E-state index contributed by atoms with van der Waals surface area (Å²) in [5.41, 5.74) is 1.27. The van der Waals surface area contributed by atoms with Gasteiger partial charge in [0.05, 0.1) is 13.2 Å². The molecule has 5 nitrogen and oxygen atoms in total. The van der Waals surface area contributed by atoms with E-state index in [4.69, 9.17) is 4.74 Å². The summed E-state index contributed by atoms with van der Waals surface area (Å²) in [4.78, 5) is 17.6. The molecule has 1 amide bonds. The summed E-state index contributed by atoms with van der Waals surface area (Å²) in [6.45, 7) is 5.78. The molecule has 1 aromatic carbocycles. The fourth-order valence-electron chi connectivity index (χ4n) is 5.17. The van der Waals surface area contributed by atoms with E-state index in [1.807, 2.05) is 6.07 Å². The maximum atomic E-state index is 13.0. The molecule has 1 aromatic rings. The molecule has 29 heavy (non-hydrogen) atoms. The number of hydrogen-bond acceptors (Lipinski definition) is 4. The number of rotatable bonds is 4. The number of nitrogens with zero attached hydrogens (tertiary/aromatic N) is 2. The van der Waals surface area contributed by atoms with Gasteiger partial charge in [0.25, 0.3) is 0 Å². The summed E-state index contributed by atoms with van der Waals surface area (Å²) in [5, 5.41) is 3.64. The van der Waals surface area contributed by atoms with Crippen molar-refractivity contribution in [2.24, 2.45) is 5.92 Å². The van der Waals surface area contributed by atoms with Crippen LogP contribution in [0.5, 0.6) is 5.75 Å². The average Bonchev–Trinajstić information content (AvgIpc) is 3.17. The predicted molar refractivity (Wildman–Crippen MR) is 121 cm³/mol. The van der Waals surface area contributed by atoms with E-state index < -0.39 is 0 Å². The van der Waals surface area contributed by atoms with E-state index in [1.54, 1.807) is 7.11 Å². The Morgan fingerprint density at radius 2 is 1.86 bits per heavy atom. The molecule has 0 bridgehead atoms. The molecule has 2 aliphatic heterocycles. The number of hydrogen-bond donors (Lipinski definition) is 1. The zero-order valence-corrected chi connectivity index (χ0v) is 19.1. The first-order valence-corrected chi connectivity index (χ1v) is 10.6. The van der Waals surface area contributed by atoms with Gasteiger partial charge < -0.3 is 15.0 Å². The van der Waals surface area contributed by atoms with Crippen molar-refractivity contribution in [3.63, 3.8) is 0 Å². The van der Waals surface area contributed by atoms with E-state index in [0.717, 1.165) is 44.3 Å². The van der Waals surface area contributed by atoms with Crippen LogP contribution in [-0.2, 0) is 4.79 Å². The predicted octanol–water partition coefficient (Wildman–Crippen LogP) is 3.66. The van der Waals surface area contributed by atoms with Crippen LogP contribution in [-0.4, -0.2) is 61.1 Å². The maximum Gasteiger partial charge on any atom is 0.239 e. The lowest BCUT2D eigenvalue weighted by Crippen LogP contribution is -2.53. The summed E-state index contributed by atoms with van der Waals surface area (Å²) >= 11 is 0. The van der Waals surface area contributed by atoms with Crippen molar-refractivity contribution in [3.05, 3.63) is 29.8 Å². The van der Waals surface area contributed by atoms with Gasteiger partial charge in [0.2, 0.25) is 5.91 Å². The van der Waals surface area contributed by atoms with Gasteiger partial charge in [-0.15, -0.1) is 24.8 Å². The Morgan fingerprint density at radius 3 is 2.55 bits per heavy atom. The van der Waals surface area contributed by atoms with E-state index in [-0.39, 0.29) is 30.9 Å². The van der Waals surface area contributed by atoms with Gasteiger partial charge in [-0.05, 0) is 49.8 Å². The normalized spacial score (nSPS) is 27.9. The van der Waals surface area contributed by atoms with Crippen molar-refractivity contribution in [3.8, 4) is 5.75 Å². The molecule has 4 unspecified atom stereocenters. The van der Waals surface area contributed by atoms with E-state index in [2.05, 4.69) is 40.2 Å². The third-order valence-electron chi connectivity index (χ3n) is 6.91. The monoisotopic (exact) mass is 443 g/mol. The van der Waals surface area contributed by atoms with Crippen LogP contribution >= 0.6 is 24.8 Å². The lowest BCUT2D eigenvalue weighted by atomic mass is 9.85. The second-order valence-corrected chi connectivity index (χ2v) is 8.42. The fraction of sp³-hybridized carbons (Fsp3) is 0.682. The van der Waals surface area contributed by atoms with Crippen molar-refractivity contribution in [1.82, 2.24) is 15.1 Å². The van der Waals surface area contributed by atoms with Gasteiger partial charge in [0.15, 0.2) is 0 Å². The Hall–Kier alpha value is -1.01. The Kier molecular flexibility index (Phi) is 9.08. The number of methoxy groups -OCH3 is 1. The molecule has 1 saturated carbocycles. The van der Waals surface area contributed by atoms with Crippen molar-refractivity contribution in [1.29, 1.82) is 0 Å². The second-order valence-electron chi connectivity index (χ2n) is 8.42. The lowest BCUT2D eigenvalue weighted by molar-refractivity contribution is -0.135. The molecule has 1 N–H and O–H groups in total. The number of fused-ring (bicyclic) bond motifs is 1. The summed E-state index contributed by atoms with van der Waals surface area (Å²) in [6.07, 6.45) is 6.25. The van der Waals surface area contributed by atoms with Crippen molar-refractivity contribution in [2.45, 2.75) is 57.2 Å². The second kappa shape index (κ2) is 10.9. The molecule has 0 aromatic heterocycles.